The zero-order valence-electron chi connectivity index (χ0n) is 15.6. The van der Waals surface area contributed by atoms with Crippen LogP contribution in [0.25, 0.3) is 33.3 Å². The van der Waals surface area contributed by atoms with Crippen LogP contribution in [-0.2, 0) is 0 Å². The molecule has 0 bridgehead atoms. The molecule has 4 heteroatoms. The molecular formula is C23H21NO3. The Bertz CT molecular complexity index is 1070. The number of hydrogen-bond acceptors (Lipinski definition) is 3. The predicted molar refractivity (Wildman–Crippen MR) is 109 cm³/mol. The van der Waals surface area contributed by atoms with Crippen molar-refractivity contribution >= 4 is 10.9 Å². The van der Waals surface area contributed by atoms with E-state index in [4.69, 9.17) is 14.2 Å². The molecule has 0 aliphatic rings. The third-order valence-electron chi connectivity index (χ3n) is 4.71. The van der Waals surface area contributed by atoms with Gasteiger partial charge < -0.3 is 19.2 Å². The second-order valence-corrected chi connectivity index (χ2v) is 6.17. The van der Waals surface area contributed by atoms with Crippen LogP contribution >= 0.6 is 0 Å². The third kappa shape index (κ3) is 2.79. The molecule has 0 saturated heterocycles. The van der Waals surface area contributed by atoms with Gasteiger partial charge >= 0.3 is 0 Å². The van der Waals surface area contributed by atoms with Crippen LogP contribution in [0, 0.1) is 0 Å². The van der Waals surface area contributed by atoms with Crippen LogP contribution in [0.15, 0.2) is 66.7 Å². The van der Waals surface area contributed by atoms with E-state index in [9.17, 15) is 0 Å². The summed E-state index contributed by atoms with van der Waals surface area (Å²) in [6, 6.07) is 22.5. The van der Waals surface area contributed by atoms with Crippen molar-refractivity contribution in [3.63, 3.8) is 0 Å². The second-order valence-electron chi connectivity index (χ2n) is 6.17. The summed E-state index contributed by atoms with van der Waals surface area (Å²) in [6.07, 6.45) is 0. The molecule has 27 heavy (non-hydrogen) atoms. The molecule has 1 aromatic heterocycles. The quantitative estimate of drug-likeness (QED) is 0.510. The van der Waals surface area contributed by atoms with Gasteiger partial charge in [-0.3, -0.25) is 0 Å². The van der Waals surface area contributed by atoms with Gasteiger partial charge in [0, 0.05) is 11.6 Å². The summed E-state index contributed by atoms with van der Waals surface area (Å²) in [5.41, 5.74) is 5.25. The second kappa shape index (κ2) is 7.08. The van der Waals surface area contributed by atoms with Crippen molar-refractivity contribution in [2.75, 3.05) is 21.3 Å². The van der Waals surface area contributed by atoms with Crippen molar-refractivity contribution in [2.45, 2.75) is 0 Å². The van der Waals surface area contributed by atoms with Gasteiger partial charge in [-0.2, -0.15) is 0 Å². The molecule has 0 aliphatic heterocycles. The highest BCUT2D eigenvalue weighted by molar-refractivity contribution is 6.08. The van der Waals surface area contributed by atoms with E-state index in [1.807, 2.05) is 42.5 Å². The van der Waals surface area contributed by atoms with E-state index in [2.05, 4.69) is 29.2 Å². The van der Waals surface area contributed by atoms with Gasteiger partial charge in [-0.05, 0) is 11.1 Å². The van der Waals surface area contributed by atoms with Crippen LogP contribution in [0.4, 0.5) is 0 Å². The standard InChI is InChI=1S/C23H21NO3/c1-25-18-14-17-20(23(27-3)22(18)26-2)19(15-10-6-4-7-11-15)21(24-17)16-12-8-5-9-13-16/h4-14,24H,1-3H3. The highest BCUT2D eigenvalue weighted by atomic mass is 16.5. The van der Waals surface area contributed by atoms with Crippen molar-refractivity contribution in [3.05, 3.63) is 66.7 Å². The summed E-state index contributed by atoms with van der Waals surface area (Å²) in [5.74, 6) is 1.87. The van der Waals surface area contributed by atoms with Crippen molar-refractivity contribution in [1.82, 2.24) is 4.98 Å². The Labute approximate surface area is 158 Å². The van der Waals surface area contributed by atoms with E-state index < -0.39 is 0 Å². The van der Waals surface area contributed by atoms with Crippen LogP contribution in [0.1, 0.15) is 0 Å². The maximum atomic E-state index is 5.78. The number of methoxy groups -OCH3 is 3. The van der Waals surface area contributed by atoms with Gasteiger partial charge in [-0.25, -0.2) is 0 Å². The Hall–Kier alpha value is -3.40. The summed E-state index contributed by atoms with van der Waals surface area (Å²) in [5, 5.41) is 0.972. The van der Waals surface area contributed by atoms with Crippen LogP contribution < -0.4 is 14.2 Å². The Morgan fingerprint density at radius 1 is 0.667 bits per heavy atom. The number of H-pyrrole nitrogens is 1. The van der Waals surface area contributed by atoms with E-state index in [-0.39, 0.29) is 0 Å². The molecule has 0 unspecified atom stereocenters. The Morgan fingerprint density at radius 3 is 1.81 bits per heavy atom. The molecule has 0 spiro atoms. The monoisotopic (exact) mass is 359 g/mol. The highest BCUT2D eigenvalue weighted by Crippen LogP contribution is 2.49. The van der Waals surface area contributed by atoms with Gasteiger partial charge in [-0.15, -0.1) is 0 Å². The highest BCUT2D eigenvalue weighted by Gasteiger charge is 2.24. The molecule has 0 radical (unpaired) electrons. The van der Waals surface area contributed by atoms with Gasteiger partial charge in [0.2, 0.25) is 5.75 Å². The number of benzene rings is 3. The molecule has 4 rings (SSSR count). The van der Waals surface area contributed by atoms with Crippen molar-refractivity contribution in [2.24, 2.45) is 0 Å². The maximum Gasteiger partial charge on any atom is 0.204 e. The Balaban J connectivity index is 2.15. The molecule has 1 N–H and O–H groups in total. The van der Waals surface area contributed by atoms with Gasteiger partial charge in [-0.1, -0.05) is 60.7 Å². The minimum absolute atomic E-state index is 0.586. The van der Waals surface area contributed by atoms with Crippen LogP contribution in [0.5, 0.6) is 17.2 Å². The lowest BCUT2D eigenvalue weighted by Crippen LogP contribution is -1.95. The van der Waals surface area contributed by atoms with E-state index in [0.29, 0.717) is 17.2 Å². The summed E-state index contributed by atoms with van der Waals surface area (Å²) >= 11 is 0. The van der Waals surface area contributed by atoms with Gasteiger partial charge in [0.25, 0.3) is 0 Å². The Morgan fingerprint density at radius 2 is 1.26 bits per heavy atom. The average molecular weight is 359 g/mol. The normalized spacial score (nSPS) is 10.8. The molecule has 0 saturated carbocycles. The number of fused-ring (bicyclic) bond motifs is 1. The van der Waals surface area contributed by atoms with Crippen LogP contribution in [-0.4, -0.2) is 26.3 Å². The molecule has 3 aromatic carbocycles. The van der Waals surface area contributed by atoms with E-state index >= 15 is 0 Å². The van der Waals surface area contributed by atoms with Gasteiger partial charge in [0.15, 0.2) is 11.5 Å². The molecule has 4 aromatic rings. The van der Waals surface area contributed by atoms with E-state index in [0.717, 1.165) is 33.3 Å². The third-order valence-corrected chi connectivity index (χ3v) is 4.71. The minimum Gasteiger partial charge on any atom is -0.493 e. The molecular weight excluding hydrogens is 338 g/mol. The van der Waals surface area contributed by atoms with Crippen LogP contribution in [0.3, 0.4) is 0 Å². The number of nitrogens with one attached hydrogen (secondary N) is 1. The topological polar surface area (TPSA) is 43.5 Å². The lowest BCUT2D eigenvalue weighted by molar-refractivity contribution is 0.327. The fourth-order valence-corrected chi connectivity index (χ4v) is 3.54. The first-order valence-electron chi connectivity index (χ1n) is 8.74. The fourth-order valence-electron chi connectivity index (χ4n) is 3.54. The van der Waals surface area contributed by atoms with Crippen molar-refractivity contribution in [1.29, 1.82) is 0 Å². The first-order chi connectivity index (χ1) is 13.3. The number of rotatable bonds is 5. The largest absolute Gasteiger partial charge is 0.493 e. The SMILES string of the molecule is COc1cc2[nH]c(-c3ccccc3)c(-c3ccccc3)c2c(OC)c1OC. The predicted octanol–water partition coefficient (Wildman–Crippen LogP) is 5.53. The van der Waals surface area contributed by atoms with E-state index in [1.54, 1.807) is 21.3 Å². The summed E-state index contributed by atoms with van der Waals surface area (Å²) in [4.78, 5) is 3.56. The first kappa shape index (κ1) is 17.0. The maximum absolute atomic E-state index is 5.78. The zero-order valence-corrected chi connectivity index (χ0v) is 15.6. The van der Waals surface area contributed by atoms with Crippen LogP contribution in [0.2, 0.25) is 0 Å². The van der Waals surface area contributed by atoms with E-state index in [1.165, 1.54) is 0 Å². The summed E-state index contributed by atoms with van der Waals surface area (Å²) < 4.78 is 16.9. The molecule has 1 heterocycles. The molecule has 4 nitrogen and oxygen atoms in total. The lowest BCUT2D eigenvalue weighted by Gasteiger charge is -2.14. The van der Waals surface area contributed by atoms with Gasteiger partial charge in [0.05, 0.1) is 37.9 Å². The lowest BCUT2D eigenvalue weighted by atomic mass is 9.97. The fraction of sp³-hybridized carbons (Fsp3) is 0.130. The van der Waals surface area contributed by atoms with Crippen molar-refractivity contribution in [3.8, 4) is 39.6 Å². The Kier molecular flexibility index (Phi) is 4.47. The molecule has 0 amide bonds. The number of hydrogen-bond donors (Lipinski definition) is 1. The average Bonchev–Trinajstić information content (AvgIpc) is 3.12. The smallest absolute Gasteiger partial charge is 0.204 e. The number of aromatic nitrogens is 1. The van der Waals surface area contributed by atoms with Gasteiger partial charge in [0.1, 0.15) is 0 Å². The minimum atomic E-state index is 0.586. The van der Waals surface area contributed by atoms with Crippen molar-refractivity contribution < 1.29 is 14.2 Å². The molecule has 0 aliphatic carbocycles. The molecule has 0 atom stereocenters. The number of aromatic amines is 1. The summed E-state index contributed by atoms with van der Waals surface area (Å²) in [6.45, 7) is 0. The molecule has 136 valence electrons. The summed E-state index contributed by atoms with van der Waals surface area (Å²) in [7, 11) is 4.90. The number of ether oxygens (including phenoxy) is 3. The zero-order chi connectivity index (χ0) is 18.8. The molecule has 0 fully saturated rings. The first-order valence-corrected chi connectivity index (χ1v) is 8.74.